The highest BCUT2D eigenvalue weighted by Crippen LogP contribution is 2.18. The number of rotatable bonds is 1. The Labute approximate surface area is 59.8 Å². The van der Waals surface area contributed by atoms with Crippen LogP contribution in [0.4, 0.5) is 0 Å². The summed E-state index contributed by atoms with van der Waals surface area (Å²) in [5.41, 5.74) is 0. The summed E-state index contributed by atoms with van der Waals surface area (Å²) >= 11 is 0. The molecular weight excluding hydrogens is 135 g/mol. The second-order valence-corrected chi connectivity index (χ2v) is 2.30. The minimum Gasteiger partial charge on any atom is -0.394 e. The van der Waals surface area contributed by atoms with E-state index >= 15 is 0 Å². The van der Waals surface area contributed by atoms with Gasteiger partial charge in [-0.3, -0.25) is 0 Å². The van der Waals surface area contributed by atoms with Gasteiger partial charge < -0.3 is 20.1 Å². The van der Waals surface area contributed by atoms with Gasteiger partial charge in [0.15, 0.2) is 0 Å². The first-order valence-corrected chi connectivity index (χ1v) is 3.05. The molecule has 1 aliphatic heterocycles. The molecule has 0 saturated carbocycles. The van der Waals surface area contributed by atoms with E-state index < -0.39 is 24.3 Å². The van der Waals surface area contributed by atoms with Crippen LogP contribution in [0.25, 0.3) is 0 Å². The third-order valence-corrected chi connectivity index (χ3v) is 1.58. The van der Waals surface area contributed by atoms with E-state index in [1.807, 2.05) is 0 Å². The molecule has 1 heterocycles. The summed E-state index contributed by atoms with van der Waals surface area (Å²) in [6, 6.07) is -0.882. The Morgan fingerprint density at radius 1 is 1.30 bits per heavy atom. The summed E-state index contributed by atoms with van der Waals surface area (Å²) < 4.78 is 4.76. The van der Waals surface area contributed by atoms with Gasteiger partial charge in [-0.2, -0.15) is 0 Å². The van der Waals surface area contributed by atoms with Crippen molar-refractivity contribution < 1.29 is 20.1 Å². The summed E-state index contributed by atoms with van der Waals surface area (Å²) in [6.07, 6.45) is -2.90. The van der Waals surface area contributed by atoms with Crippen molar-refractivity contribution in [3.63, 3.8) is 0 Å². The number of aliphatic hydroxyl groups excluding tert-OH is 3. The molecule has 0 bridgehead atoms. The number of hydrogen-bond donors (Lipinski definition) is 3. The fourth-order valence-electron chi connectivity index (χ4n) is 0.928. The minimum absolute atomic E-state index is 0.327. The van der Waals surface area contributed by atoms with Gasteiger partial charge in [0.1, 0.15) is 20.1 Å². The zero-order valence-electron chi connectivity index (χ0n) is 5.34. The van der Waals surface area contributed by atoms with E-state index in [0.717, 1.165) is 0 Å². The van der Waals surface area contributed by atoms with Crippen molar-refractivity contribution in [2.75, 3.05) is 6.61 Å². The van der Waals surface area contributed by atoms with Crippen molar-refractivity contribution in [1.82, 2.24) is 0 Å². The maximum atomic E-state index is 9.01. The lowest BCUT2D eigenvalue weighted by molar-refractivity contribution is -0.00875. The van der Waals surface area contributed by atoms with Crippen molar-refractivity contribution in [3.05, 3.63) is 0 Å². The van der Waals surface area contributed by atoms with Crippen molar-refractivity contribution in [1.29, 1.82) is 0 Å². The fraction of sp³-hybridized carbons (Fsp3) is 1.00. The molecule has 3 N–H and O–H groups in total. The third-order valence-electron chi connectivity index (χ3n) is 1.58. The Kier molecular flexibility index (Phi) is 2.30. The Morgan fingerprint density at radius 3 is 2.10 bits per heavy atom. The zero-order chi connectivity index (χ0) is 7.72. The number of aliphatic hydroxyl groups is 3. The van der Waals surface area contributed by atoms with E-state index in [0.29, 0.717) is 0 Å². The molecule has 1 saturated heterocycles. The van der Waals surface area contributed by atoms with Gasteiger partial charge in [-0.05, 0) is 0 Å². The predicted molar refractivity (Wildman–Crippen MR) is 33.5 cm³/mol. The van der Waals surface area contributed by atoms with E-state index in [1.54, 1.807) is 0 Å². The molecule has 0 aromatic heterocycles. The van der Waals surface area contributed by atoms with Gasteiger partial charge in [0.05, 0.1) is 12.7 Å². The Morgan fingerprint density at radius 2 is 1.90 bits per heavy atom. The van der Waals surface area contributed by atoms with Crippen molar-refractivity contribution >= 4 is 7.85 Å². The molecule has 10 heavy (non-hydrogen) atoms. The van der Waals surface area contributed by atoms with Crippen LogP contribution in [-0.2, 0) is 4.74 Å². The standard InChI is InChI=1S/C5H9BO4/c6-5-4(9)3(8)2(1-7)10-5/h2-5,7-9H,1H2/t2-,3?,4-,5-/m1/s1. The maximum Gasteiger partial charge on any atom is 0.112 e. The molecule has 0 aromatic carbocycles. The summed E-state index contributed by atoms with van der Waals surface area (Å²) in [4.78, 5) is 0. The monoisotopic (exact) mass is 144 g/mol. The average molecular weight is 144 g/mol. The van der Waals surface area contributed by atoms with Crippen LogP contribution in [0.5, 0.6) is 0 Å². The molecule has 2 radical (unpaired) electrons. The highest BCUT2D eigenvalue weighted by molar-refractivity contribution is 6.11. The third kappa shape index (κ3) is 1.18. The van der Waals surface area contributed by atoms with Gasteiger partial charge in [-0.1, -0.05) is 0 Å². The topological polar surface area (TPSA) is 69.9 Å². The first-order chi connectivity index (χ1) is 4.66. The molecule has 1 rings (SSSR count). The largest absolute Gasteiger partial charge is 0.394 e. The molecule has 0 aliphatic carbocycles. The quantitative estimate of drug-likeness (QED) is 0.358. The van der Waals surface area contributed by atoms with Gasteiger partial charge in [0.2, 0.25) is 0 Å². The first kappa shape index (κ1) is 8.01. The minimum atomic E-state index is -1.09. The van der Waals surface area contributed by atoms with E-state index in [-0.39, 0.29) is 6.61 Å². The van der Waals surface area contributed by atoms with E-state index in [4.69, 9.17) is 27.9 Å². The lowest BCUT2D eigenvalue weighted by atomic mass is 9.93. The first-order valence-electron chi connectivity index (χ1n) is 3.05. The van der Waals surface area contributed by atoms with E-state index in [2.05, 4.69) is 0 Å². The van der Waals surface area contributed by atoms with Crippen LogP contribution >= 0.6 is 0 Å². The van der Waals surface area contributed by atoms with Crippen molar-refractivity contribution in [2.45, 2.75) is 24.3 Å². The Balaban J connectivity index is 2.53. The fourth-order valence-corrected chi connectivity index (χ4v) is 0.928. The molecule has 5 heteroatoms. The van der Waals surface area contributed by atoms with Crippen molar-refractivity contribution in [2.24, 2.45) is 0 Å². The summed E-state index contributed by atoms with van der Waals surface area (Å²) in [6.45, 7) is -0.327. The summed E-state index contributed by atoms with van der Waals surface area (Å²) in [5.74, 6) is 0. The lowest BCUT2D eigenvalue weighted by Gasteiger charge is -2.10. The van der Waals surface area contributed by atoms with Gasteiger partial charge in [0, 0.05) is 6.00 Å². The SMILES string of the molecule is [B][C@@H]1O[C@H](CO)C(O)[C@H]1O. The predicted octanol–water partition coefficient (Wildman–Crippen LogP) is -2.41. The van der Waals surface area contributed by atoms with Crippen LogP contribution in [0.1, 0.15) is 0 Å². The zero-order valence-corrected chi connectivity index (χ0v) is 5.34. The van der Waals surface area contributed by atoms with Crippen LogP contribution in [-0.4, -0.2) is 54.1 Å². The molecule has 56 valence electrons. The smallest absolute Gasteiger partial charge is 0.112 e. The van der Waals surface area contributed by atoms with Gasteiger partial charge in [0.25, 0.3) is 0 Å². The summed E-state index contributed by atoms with van der Waals surface area (Å²) in [5, 5.41) is 26.5. The van der Waals surface area contributed by atoms with Gasteiger partial charge >= 0.3 is 0 Å². The average Bonchev–Trinajstić information content (AvgIpc) is 2.17. The van der Waals surface area contributed by atoms with Crippen molar-refractivity contribution in [3.8, 4) is 0 Å². The molecule has 1 unspecified atom stereocenters. The van der Waals surface area contributed by atoms with Crippen LogP contribution in [0.15, 0.2) is 0 Å². The molecule has 4 atom stereocenters. The molecule has 1 fully saturated rings. The Hall–Kier alpha value is -0.0951. The van der Waals surface area contributed by atoms with Crippen LogP contribution < -0.4 is 0 Å². The highest BCUT2D eigenvalue weighted by atomic mass is 16.5. The molecule has 0 spiro atoms. The van der Waals surface area contributed by atoms with Crippen LogP contribution in [0.2, 0.25) is 0 Å². The molecule has 1 aliphatic rings. The van der Waals surface area contributed by atoms with Gasteiger partial charge in [-0.25, -0.2) is 0 Å². The van der Waals surface area contributed by atoms with E-state index in [9.17, 15) is 0 Å². The molecule has 4 nitrogen and oxygen atoms in total. The molecule has 0 aromatic rings. The lowest BCUT2D eigenvalue weighted by Crippen LogP contribution is -2.33. The second kappa shape index (κ2) is 2.88. The van der Waals surface area contributed by atoms with Crippen LogP contribution in [0.3, 0.4) is 0 Å². The van der Waals surface area contributed by atoms with Crippen LogP contribution in [0, 0.1) is 0 Å². The number of ether oxygens (including phenoxy) is 1. The number of hydrogen-bond acceptors (Lipinski definition) is 4. The molecular formula is C5H9BO4. The second-order valence-electron chi connectivity index (χ2n) is 2.30. The Bertz CT molecular complexity index is 120. The molecule has 0 amide bonds. The summed E-state index contributed by atoms with van der Waals surface area (Å²) in [7, 11) is 5.19. The highest BCUT2D eigenvalue weighted by Gasteiger charge is 2.38. The maximum absolute atomic E-state index is 9.01. The van der Waals surface area contributed by atoms with Gasteiger partial charge in [-0.15, -0.1) is 0 Å². The normalized spacial score (nSPS) is 47.9. The van der Waals surface area contributed by atoms with E-state index in [1.165, 1.54) is 0 Å².